The van der Waals surface area contributed by atoms with Crippen molar-refractivity contribution in [1.82, 2.24) is 5.06 Å². The van der Waals surface area contributed by atoms with Gasteiger partial charge in [0, 0.05) is 25.9 Å². The molecule has 1 aliphatic heterocycles. The monoisotopic (exact) mass is 286 g/mol. The van der Waals surface area contributed by atoms with Gasteiger partial charge >= 0.3 is 5.97 Å². The van der Waals surface area contributed by atoms with Crippen LogP contribution >= 0.6 is 0 Å². The average Bonchev–Trinajstić information content (AvgIpc) is 2.77. The molecule has 8 nitrogen and oxygen atoms in total. The number of rotatable bonds is 6. The van der Waals surface area contributed by atoms with Crippen molar-refractivity contribution in [2.75, 3.05) is 6.61 Å². The first kappa shape index (κ1) is 17.9. The quantitative estimate of drug-likeness (QED) is 0.397. The summed E-state index contributed by atoms with van der Waals surface area (Å²) < 4.78 is 0. The summed E-state index contributed by atoms with van der Waals surface area (Å²) >= 11 is 0. The Kier molecular flexibility index (Phi) is 7.98. The molecule has 1 heterocycles. The molecule has 0 radical (unpaired) electrons. The van der Waals surface area contributed by atoms with Gasteiger partial charge in [-0.1, -0.05) is 0 Å². The Balaban J connectivity index is 0.00000172. The lowest BCUT2D eigenvalue weighted by atomic mass is 10.0. The summed E-state index contributed by atoms with van der Waals surface area (Å²) in [5, 5.41) is 14.5. The number of carbonyl (C=O) groups excluding carboxylic acids is 4. The van der Waals surface area contributed by atoms with Gasteiger partial charge in [-0.25, -0.2) is 4.79 Å². The van der Waals surface area contributed by atoms with Crippen molar-refractivity contribution >= 4 is 30.3 Å². The minimum absolute atomic E-state index is 0.0129. The van der Waals surface area contributed by atoms with E-state index in [4.69, 9.17) is 10.5 Å². The normalized spacial score (nSPS) is 15.4. The van der Waals surface area contributed by atoms with Crippen LogP contribution in [0.3, 0.4) is 0 Å². The molecule has 8 heteroatoms. The SMILES string of the molecule is C=N.CC(C(=O)CCCO)C(=O)ON1C(=O)CCC1=O. The van der Waals surface area contributed by atoms with Crippen LogP contribution in [0.1, 0.15) is 32.6 Å². The maximum Gasteiger partial charge on any atom is 0.343 e. The lowest BCUT2D eigenvalue weighted by Crippen LogP contribution is -2.36. The first-order chi connectivity index (χ1) is 9.47. The van der Waals surface area contributed by atoms with E-state index in [-0.39, 0.29) is 32.3 Å². The zero-order valence-corrected chi connectivity index (χ0v) is 11.3. The summed E-state index contributed by atoms with van der Waals surface area (Å²) in [6.07, 6.45) is 0.338. The Morgan fingerprint density at radius 3 is 2.30 bits per heavy atom. The molecule has 1 rings (SSSR count). The van der Waals surface area contributed by atoms with E-state index in [2.05, 4.69) is 11.6 Å². The molecule has 112 valence electrons. The van der Waals surface area contributed by atoms with E-state index in [9.17, 15) is 19.2 Å². The van der Waals surface area contributed by atoms with E-state index in [1.54, 1.807) is 0 Å². The highest BCUT2D eigenvalue weighted by atomic mass is 16.7. The third-order valence-electron chi connectivity index (χ3n) is 2.60. The topological polar surface area (TPSA) is 125 Å². The number of aliphatic hydroxyl groups is 1. The number of imide groups is 1. The molecule has 1 aliphatic rings. The zero-order chi connectivity index (χ0) is 15.7. The van der Waals surface area contributed by atoms with Gasteiger partial charge in [0.15, 0.2) is 0 Å². The Hall–Kier alpha value is -2.09. The molecule has 1 unspecified atom stereocenters. The highest BCUT2D eigenvalue weighted by molar-refractivity contribution is 6.03. The van der Waals surface area contributed by atoms with Gasteiger partial charge in [0.05, 0.1) is 0 Å². The largest absolute Gasteiger partial charge is 0.396 e. The number of aliphatic hydroxyl groups excluding tert-OH is 1. The molecule has 1 saturated heterocycles. The van der Waals surface area contributed by atoms with Gasteiger partial charge in [0.25, 0.3) is 11.8 Å². The van der Waals surface area contributed by atoms with Crippen molar-refractivity contribution in [3.05, 3.63) is 0 Å². The fourth-order valence-corrected chi connectivity index (χ4v) is 1.43. The second-order valence-electron chi connectivity index (χ2n) is 4.01. The number of hydrogen-bond donors (Lipinski definition) is 2. The zero-order valence-electron chi connectivity index (χ0n) is 11.3. The second-order valence-corrected chi connectivity index (χ2v) is 4.01. The Morgan fingerprint density at radius 2 is 1.85 bits per heavy atom. The number of carbonyl (C=O) groups is 4. The van der Waals surface area contributed by atoms with Crippen molar-refractivity contribution in [3.8, 4) is 0 Å². The first-order valence-corrected chi connectivity index (χ1v) is 6.04. The maximum atomic E-state index is 11.5. The Bertz CT molecular complexity index is 379. The van der Waals surface area contributed by atoms with Crippen molar-refractivity contribution in [2.45, 2.75) is 32.6 Å². The summed E-state index contributed by atoms with van der Waals surface area (Å²) in [5.41, 5.74) is 0. The van der Waals surface area contributed by atoms with Crippen LogP contribution in [-0.4, -0.2) is 47.1 Å². The molecule has 1 fully saturated rings. The third-order valence-corrected chi connectivity index (χ3v) is 2.60. The Labute approximate surface area is 116 Å². The number of hydroxylamine groups is 2. The predicted molar refractivity (Wildman–Crippen MR) is 67.5 cm³/mol. The predicted octanol–water partition coefficient (Wildman–Crippen LogP) is -0.163. The molecular formula is C12H18N2O6. The molecule has 0 bridgehead atoms. The second kappa shape index (κ2) is 8.92. The van der Waals surface area contributed by atoms with Crippen LogP contribution in [0.4, 0.5) is 0 Å². The molecule has 0 aromatic rings. The van der Waals surface area contributed by atoms with Gasteiger partial charge in [-0.3, -0.25) is 14.4 Å². The van der Waals surface area contributed by atoms with E-state index < -0.39 is 29.5 Å². The van der Waals surface area contributed by atoms with Gasteiger partial charge < -0.3 is 15.4 Å². The van der Waals surface area contributed by atoms with Crippen LogP contribution in [-0.2, 0) is 24.0 Å². The fraction of sp³-hybridized carbons (Fsp3) is 0.583. The van der Waals surface area contributed by atoms with Gasteiger partial charge in [-0.2, -0.15) is 0 Å². The Morgan fingerprint density at radius 1 is 1.35 bits per heavy atom. The maximum absolute atomic E-state index is 11.5. The number of ketones is 1. The van der Waals surface area contributed by atoms with Crippen LogP contribution < -0.4 is 0 Å². The van der Waals surface area contributed by atoms with Crippen molar-refractivity contribution in [3.63, 3.8) is 0 Å². The summed E-state index contributed by atoms with van der Waals surface area (Å²) in [5.74, 6) is -3.54. The molecule has 0 aromatic carbocycles. The molecule has 1 atom stereocenters. The third kappa shape index (κ3) is 4.88. The fourth-order valence-electron chi connectivity index (χ4n) is 1.43. The van der Waals surface area contributed by atoms with Gasteiger partial charge in [0.1, 0.15) is 11.7 Å². The lowest BCUT2D eigenvalue weighted by molar-refractivity contribution is -0.200. The van der Waals surface area contributed by atoms with Crippen molar-refractivity contribution in [2.24, 2.45) is 5.92 Å². The number of hydrogen-bond acceptors (Lipinski definition) is 7. The van der Waals surface area contributed by atoms with E-state index in [1.807, 2.05) is 0 Å². The minimum atomic E-state index is -1.06. The standard InChI is InChI=1S/C11H15NO6.CH3N/c1-7(8(14)3-2-6-13)11(17)18-12-9(15)4-5-10(12)16;1-2/h7,13H,2-6H2,1H3;2H,1H2. The van der Waals surface area contributed by atoms with E-state index in [0.29, 0.717) is 5.06 Å². The lowest BCUT2D eigenvalue weighted by Gasteiger charge is -2.15. The van der Waals surface area contributed by atoms with Gasteiger partial charge in [-0.05, 0) is 20.1 Å². The van der Waals surface area contributed by atoms with Crippen LogP contribution in [0.15, 0.2) is 0 Å². The average molecular weight is 286 g/mol. The molecule has 2 amide bonds. The van der Waals surface area contributed by atoms with Crippen LogP contribution in [0.2, 0.25) is 0 Å². The summed E-state index contributed by atoms with van der Waals surface area (Å²) in [6, 6.07) is 0. The van der Waals surface area contributed by atoms with Crippen LogP contribution in [0.25, 0.3) is 0 Å². The summed E-state index contributed by atoms with van der Waals surface area (Å²) in [7, 11) is 0. The molecule has 0 aliphatic carbocycles. The van der Waals surface area contributed by atoms with Crippen molar-refractivity contribution in [1.29, 1.82) is 5.41 Å². The molecular weight excluding hydrogens is 268 g/mol. The van der Waals surface area contributed by atoms with E-state index in [1.165, 1.54) is 6.92 Å². The highest BCUT2D eigenvalue weighted by Gasteiger charge is 2.35. The van der Waals surface area contributed by atoms with Crippen molar-refractivity contribution < 1.29 is 29.1 Å². The number of nitrogens with one attached hydrogen (secondary N) is 1. The van der Waals surface area contributed by atoms with Gasteiger partial charge in [-0.15, -0.1) is 5.06 Å². The van der Waals surface area contributed by atoms with Gasteiger partial charge in [0.2, 0.25) is 0 Å². The molecule has 2 N–H and O–H groups in total. The number of nitrogens with zero attached hydrogens (tertiary/aromatic N) is 1. The molecule has 0 spiro atoms. The number of Topliss-reactive ketones (excluding diaryl/α,β-unsaturated/α-hetero) is 1. The molecule has 0 aromatic heterocycles. The highest BCUT2D eigenvalue weighted by Crippen LogP contribution is 2.14. The minimum Gasteiger partial charge on any atom is -0.396 e. The summed E-state index contributed by atoms with van der Waals surface area (Å²) in [6.45, 7) is 3.70. The van der Waals surface area contributed by atoms with E-state index >= 15 is 0 Å². The van der Waals surface area contributed by atoms with Crippen LogP contribution in [0, 0.1) is 11.3 Å². The smallest absolute Gasteiger partial charge is 0.343 e. The molecule has 0 saturated carbocycles. The van der Waals surface area contributed by atoms with E-state index in [0.717, 1.165) is 0 Å². The number of amides is 2. The summed E-state index contributed by atoms with van der Waals surface area (Å²) in [4.78, 5) is 50.0. The molecule has 20 heavy (non-hydrogen) atoms. The first-order valence-electron chi connectivity index (χ1n) is 6.04. The van der Waals surface area contributed by atoms with Crippen LogP contribution in [0.5, 0.6) is 0 Å².